The average molecular weight is 304 g/mol. The zero-order chi connectivity index (χ0) is 14.7. The van der Waals surface area contributed by atoms with Crippen molar-refractivity contribution in [1.82, 2.24) is 9.97 Å². The second-order valence-corrected chi connectivity index (χ2v) is 5.49. The lowest BCUT2D eigenvalue weighted by atomic mass is 10.1. The molecule has 0 spiro atoms. The van der Waals surface area contributed by atoms with E-state index in [1.807, 2.05) is 24.3 Å². The van der Waals surface area contributed by atoms with Crippen molar-refractivity contribution in [3.63, 3.8) is 0 Å². The van der Waals surface area contributed by atoms with Crippen LogP contribution in [0.4, 0.5) is 5.82 Å². The van der Waals surface area contributed by atoms with Crippen molar-refractivity contribution < 1.29 is 4.74 Å². The standard InChI is InChI=1S/C16H18ClN3O/c1-2-8-18-16-13-10-21-9-7-14(13)19-15(20-16)11-3-5-12(17)6-4-11/h3-6H,2,7-10H2,1H3,(H,18,19,20). The van der Waals surface area contributed by atoms with Crippen molar-refractivity contribution in [3.8, 4) is 11.4 Å². The van der Waals surface area contributed by atoms with Gasteiger partial charge in [-0.15, -0.1) is 0 Å². The summed E-state index contributed by atoms with van der Waals surface area (Å²) in [5.41, 5.74) is 3.15. The van der Waals surface area contributed by atoms with E-state index in [1.165, 1.54) is 0 Å². The van der Waals surface area contributed by atoms with E-state index in [9.17, 15) is 0 Å². The first kappa shape index (κ1) is 14.3. The molecule has 4 nitrogen and oxygen atoms in total. The molecular formula is C16H18ClN3O. The van der Waals surface area contributed by atoms with E-state index in [0.29, 0.717) is 6.61 Å². The molecule has 0 radical (unpaired) electrons. The van der Waals surface area contributed by atoms with Crippen LogP contribution >= 0.6 is 11.6 Å². The molecule has 1 aliphatic heterocycles. The molecule has 0 atom stereocenters. The lowest BCUT2D eigenvalue weighted by molar-refractivity contribution is 0.109. The number of ether oxygens (including phenoxy) is 1. The van der Waals surface area contributed by atoms with Crippen LogP contribution in [-0.2, 0) is 17.8 Å². The Balaban J connectivity index is 2.02. The van der Waals surface area contributed by atoms with Crippen molar-refractivity contribution in [1.29, 1.82) is 0 Å². The number of benzene rings is 1. The zero-order valence-electron chi connectivity index (χ0n) is 12.0. The maximum atomic E-state index is 5.94. The molecule has 0 unspecified atom stereocenters. The van der Waals surface area contributed by atoms with Gasteiger partial charge in [0.05, 0.1) is 18.9 Å². The predicted octanol–water partition coefficient (Wildman–Crippen LogP) is 3.69. The summed E-state index contributed by atoms with van der Waals surface area (Å²) in [5, 5.41) is 4.10. The Morgan fingerprint density at radius 1 is 1.24 bits per heavy atom. The van der Waals surface area contributed by atoms with Crippen LogP contribution in [0.3, 0.4) is 0 Å². The fourth-order valence-electron chi connectivity index (χ4n) is 2.35. The summed E-state index contributed by atoms with van der Waals surface area (Å²) in [6.45, 7) is 4.33. The van der Waals surface area contributed by atoms with Gasteiger partial charge in [-0.1, -0.05) is 18.5 Å². The third-order valence-corrected chi connectivity index (χ3v) is 3.72. The second-order valence-electron chi connectivity index (χ2n) is 5.06. The van der Waals surface area contributed by atoms with Gasteiger partial charge in [-0.05, 0) is 30.7 Å². The third kappa shape index (κ3) is 3.17. The molecule has 110 valence electrons. The van der Waals surface area contributed by atoms with Crippen LogP contribution in [0.25, 0.3) is 11.4 Å². The highest BCUT2D eigenvalue weighted by atomic mass is 35.5. The Bertz CT molecular complexity index is 628. The SMILES string of the molecule is CCCNc1nc(-c2ccc(Cl)cc2)nc2c1COCC2. The number of nitrogens with one attached hydrogen (secondary N) is 1. The summed E-state index contributed by atoms with van der Waals surface area (Å²) in [6, 6.07) is 7.63. The molecule has 1 aliphatic rings. The van der Waals surface area contributed by atoms with Crippen LogP contribution in [0.15, 0.2) is 24.3 Å². The minimum Gasteiger partial charge on any atom is -0.376 e. The Labute approximate surface area is 129 Å². The van der Waals surface area contributed by atoms with Gasteiger partial charge in [-0.3, -0.25) is 0 Å². The van der Waals surface area contributed by atoms with E-state index in [4.69, 9.17) is 21.3 Å². The summed E-state index contributed by atoms with van der Waals surface area (Å²) < 4.78 is 5.54. The van der Waals surface area contributed by atoms with Crippen molar-refractivity contribution in [2.75, 3.05) is 18.5 Å². The number of nitrogens with zero attached hydrogens (tertiary/aromatic N) is 2. The van der Waals surface area contributed by atoms with Gasteiger partial charge >= 0.3 is 0 Å². The molecule has 3 rings (SSSR count). The topological polar surface area (TPSA) is 47.0 Å². The highest BCUT2D eigenvalue weighted by Crippen LogP contribution is 2.26. The monoisotopic (exact) mass is 303 g/mol. The molecule has 1 aromatic carbocycles. The first-order valence-corrected chi connectivity index (χ1v) is 7.63. The number of halogens is 1. The molecule has 2 heterocycles. The smallest absolute Gasteiger partial charge is 0.161 e. The molecule has 0 amide bonds. The van der Waals surface area contributed by atoms with E-state index in [-0.39, 0.29) is 0 Å². The summed E-state index contributed by atoms with van der Waals surface area (Å²) in [4.78, 5) is 9.39. The van der Waals surface area contributed by atoms with Gasteiger partial charge in [0, 0.05) is 29.1 Å². The number of rotatable bonds is 4. The van der Waals surface area contributed by atoms with Gasteiger partial charge in [0.1, 0.15) is 5.82 Å². The minimum absolute atomic E-state index is 0.586. The van der Waals surface area contributed by atoms with Crippen LogP contribution in [0.1, 0.15) is 24.6 Å². The fraction of sp³-hybridized carbons (Fsp3) is 0.375. The van der Waals surface area contributed by atoms with Crippen molar-refractivity contribution in [2.45, 2.75) is 26.4 Å². The van der Waals surface area contributed by atoms with Crippen LogP contribution in [-0.4, -0.2) is 23.1 Å². The van der Waals surface area contributed by atoms with Crippen molar-refractivity contribution in [2.24, 2.45) is 0 Å². The Hall–Kier alpha value is -1.65. The molecule has 2 aromatic rings. The Kier molecular flexibility index (Phi) is 4.36. The molecule has 0 aliphatic carbocycles. The first-order chi connectivity index (χ1) is 10.3. The Morgan fingerprint density at radius 2 is 2.05 bits per heavy atom. The van der Waals surface area contributed by atoms with Crippen LogP contribution in [0.2, 0.25) is 5.02 Å². The van der Waals surface area contributed by atoms with Crippen LogP contribution in [0, 0.1) is 0 Å². The first-order valence-electron chi connectivity index (χ1n) is 7.25. The largest absolute Gasteiger partial charge is 0.376 e. The maximum absolute atomic E-state index is 5.94. The normalized spacial score (nSPS) is 13.8. The molecule has 1 N–H and O–H groups in total. The summed E-state index contributed by atoms with van der Waals surface area (Å²) in [5.74, 6) is 1.64. The maximum Gasteiger partial charge on any atom is 0.161 e. The van der Waals surface area contributed by atoms with Gasteiger partial charge < -0.3 is 10.1 Å². The zero-order valence-corrected chi connectivity index (χ0v) is 12.8. The molecule has 0 saturated carbocycles. The summed E-state index contributed by atoms with van der Waals surface area (Å²) >= 11 is 5.94. The van der Waals surface area contributed by atoms with Gasteiger partial charge in [0.15, 0.2) is 5.82 Å². The molecule has 5 heteroatoms. The van der Waals surface area contributed by atoms with E-state index in [1.54, 1.807) is 0 Å². The number of anilines is 1. The number of hydrogen-bond donors (Lipinski definition) is 1. The highest BCUT2D eigenvalue weighted by Gasteiger charge is 2.18. The van der Waals surface area contributed by atoms with Gasteiger partial charge in [0.25, 0.3) is 0 Å². The van der Waals surface area contributed by atoms with Crippen LogP contribution < -0.4 is 5.32 Å². The van der Waals surface area contributed by atoms with E-state index >= 15 is 0 Å². The third-order valence-electron chi connectivity index (χ3n) is 3.47. The number of aromatic nitrogens is 2. The Morgan fingerprint density at radius 3 is 2.81 bits per heavy atom. The molecular weight excluding hydrogens is 286 g/mol. The number of fused-ring (bicyclic) bond motifs is 1. The van der Waals surface area contributed by atoms with E-state index < -0.39 is 0 Å². The van der Waals surface area contributed by atoms with E-state index in [2.05, 4.69) is 17.2 Å². The quantitative estimate of drug-likeness (QED) is 0.935. The highest BCUT2D eigenvalue weighted by molar-refractivity contribution is 6.30. The summed E-state index contributed by atoms with van der Waals surface area (Å²) in [7, 11) is 0. The number of hydrogen-bond acceptors (Lipinski definition) is 4. The van der Waals surface area contributed by atoms with Crippen LogP contribution in [0.5, 0.6) is 0 Å². The van der Waals surface area contributed by atoms with Gasteiger partial charge in [-0.2, -0.15) is 0 Å². The molecule has 1 aromatic heterocycles. The molecule has 0 saturated heterocycles. The molecule has 0 fully saturated rings. The fourth-order valence-corrected chi connectivity index (χ4v) is 2.48. The second kappa shape index (κ2) is 6.41. The molecule has 0 bridgehead atoms. The van der Waals surface area contributed by atoms with Gasteiger partial charge in [0.2, 0.25) is 0 Å². The predicted molar refractivity (Wildman–Crippen MR) is 84.6 cm³/mol. The molecule has 21 heavy (non-hydrogen) atoms. The van der Waals surface area contributed by atoms with Crippen molar-refractivity contribution in [3.05, 3.63) is 40.5 Å². The summed E-state index contributed by atoms with van der Waals surface area (Å²) in [6.07, 6.45) is 1.88. The van der Waals surface area contributed by atoms with E-state index in [0.717, 1.165) is 59.5 Å². The van der Waals surface area contributed by atoms with Gasteiger partial charge in [-0.25, -0.2) is 9.97 Å². The van der Waals surface area contributed by atoms with Crippen molar-refractivity contribution >= 4 is 17.4 Å². The average Bonchev–Trinajstić information content (AvgIpc) is 2.53. The minimum atomic E-state index is 0.586. The lowest BCUT2D eigenvalue weighted by Gasteiger charge is -2.20. The lowest BCUT2D eigenvalue weighted by Crippen LogP contribution is -2.17.